The molecule has 1 heterocycles. The highest BCUT2D eigenvalue weighted by Gasteiger charge is 2.17. The van der Waals surface area contributed by atoms with Crippen molar-refractivity contribution in [2.45, 2.75) is 12.8 Å². The number of nitrogens with zero attached hydrogens (tertiary/aromatic N) is 2. The molecule has 0 atom stereocenters. The highest BCUT2D eigenvalue weighted by Crippen LogP contribution is 2.27. The van der Waals surface area contributed by atoms with E-state index in [2.05, 4.69) is 39.3 Å². The van der Waals surface area contributed by atoms with Gasteiger partial charge in [-0.3, -0.25) is 9.59 Å². The highest BCUT2D eigenvalue weighted by atomic mass is 16.2. The summed E-state index contributed by atoms with van der Waals surface area (Å²) in [5.41, 5.74) is 6.31. The van der Waals surface area contributed by atoms with Gasteiger partial charge in [-0.2, -0.15) is 10.2 Å². The number of hydrazone groups is 2. The Balaban J connectivity index is 1.60. The fourth-order valence-corrected chi connectivity index (χ4v) is 3.09. The van der Waals surface area contributed by atoms with Crippen molar-refractivity contribution in [2.75, 3.05) is 0 Å². The highest BCUT2D eigenvalue weighted by molar-refractivity contribution is 6.14. The molecule has 128 valence electrons. The van der Waals surface area contributed by atoms with Crippen molar-refractivity contribution < 1.29 is 9.59 Å². The molecule has 0 aliphatic carbocycles. The molecule has 1 aliphatic rings. The lowest BCUT2D eigenvalue weighted by molar-refractivity contribution is -0.119. The second-order valence-corrected chi connectivity index (χ2v) is 6.09. The van der Waals surface area contributed by atoms with Gasteiger partial charge in [0, 0.05) is 5.56 Å². The summed E-state index contributed by atoms with van der Waals surface area (Å²) in [7, 11) is 0. The van der Waals surface area contributed by atoms with Crippen LogP contribution in [-0.4, -0.2) is 23.7 Å². The zero-order valence-electron chi connectivity index (χ0n) is 13.9. The minimum absolute atomic E-state index is 0.0480. The molecule has 0 saturated carbocycles. The van der Waals surface area contributed by atoms with Gasteiger partial charge in [-0.15, -0.1) is 0 Å². The van der Waals surface area contributed by atoms with Crippen LogP contribution in [0.1, 0.15) is 18.4 Å². The lowest BCUT2D eigenvalue weighted by atomic mass is 9.97. The molecule has 0 aromatic heterocycles. The minimum atomic E-state index is -0.305. The number of carbonyl (C=O) groups is 2. The first kappa shape index (κ1) is 16.0. The topological polar surface area (TPSA) is 82.9 Å². The largest absolute Gasteiger partial charge is 0.273 e. The first-order valence-corrected chi connectivity index (χ1v) is 8.27. The molecule has 0 unspecified atom stereocenters. The van der Waals surface area contributed by atoms with Crippen molar-refractivity contribution in [1.29, 1.82) is 0 Å². The van der Waals surface area contributed by atoms with E-state index >= 15 is 0 Å². The van der Waals surface area contributed by atoms with Gasteiger partial charge in [-0.25, -0.2) is 10.9 Å². The van der Waals surface area contributed by atoms with Crippen molar-refractivity contribution in [3.05, 3.63) is 60.2 Å². The smallest absolute Gasteiger partial charge is 0.245 e. The average Bonchev–Trinajstić information content (AvgIpc) is 3.05. The molecule has 6 nitrogen and oxygen atoms in total. The third-order valence-electron chi connectivity index (χ3n) is 4.26. The molecule has 0 spiro atoms. The molecule has 6 heteroatoms. The number of carbonyl (C=O) groups excluding carboxylic acids is 2. The number of nitrogens with one attached hydrogen (secondary N) is 2. The number of fused-ring (bicyclic) bond motifs is 2. The maximum absolute atomic E-state index is 12.0. The van der Waals surface area contributed by atoms with E-state index in [9.17, 15) is 9.59 Å². The third-order valence-corrected chi connectivity index (χ3v) is 4.26. The number of benzene rings is 3. The quantitative estimate of drug-likeness (QED) is 0.433. The van der Waals surface area contributed by atoms with E-state index in [1.54, 1.807) is 6.21 Å². The Hall–Kier alpha value is -3.54. The first-order valence-electron chi connectivity index (χ1n) is 8.27. The van der Waals surface area contributed by atoms with Crippen LogP contribution in [0.2, 0.25) is 0 Å². The Labute approximate surface area is 149 Å². The van der Waals surface area contributed by atoms with E-state index in [0.717, 1.165) is 27.1 Å². The van der Waals surface area contributed by atoms with Gasteiger partial charge in [-0.1, -0.05) is 48.5 Å². The number of hydrogen-bond donors (Lipinski definition) is 2. The van der Waals surface area contributed by atoms with Gasteiger partial charge in [0.2, 0.25) is 11.8 Å². The summed E-state index contributed by atoms with van der Waals surface area (Å²) in [6, 6.07) is 18.3. The predicted molar refractivity (Wildman–Crippen MR) is 102 cm³/mol. The Bertz CT molecular complexity index is 1030. The summed E-state index contributed by atoms with van der Waals surface area (Å²) < 4.78 is 0. The van der Waals surface area contributed by atoms with Crippen LogP contribution in [0.5, 0.6) is 0 Å². The Morgan fingerprint density at radius 2 is 1.77 bits per heavy atom. The fraction of sp³-hybridized carbons (Fsp3) is 0.100. The van der Waals surface area contributed by atoms with E-state index in [4.69, 9.17) is 0 Å². The van der Waals surface area contributed by atoms with Crippen molar-refractivity contribution in [2.24, 2.45) is 10.2 Å². The summed E-state index contributed by atoms with van der Waals surface area (Å²) in [5, 5.41) is 12.3. The Kier molecular flexibility index (Phi) is 4.15. The normalized spacial score (nSPS) is 14.0. The zero-order chi connectivity index (χ0) is 17.9. The van der Waals surface area contributed by atoms with Gasteiger partial charge < -0.3 is 0 Å². The summed E-state index contributed by atoms with van der Waals surface area (Å²) >= 11 is 0. The third kappa shape index (κ3) is 3.17. The van der Waals surface area contributed by atoms with Crippen LogP contribution in [-0.2, 0) is 9.59 Å². The molecule has 0 bridgehead atoms. The molecule has 3 aromatic rings. The fourth-order valence-electron chi connectivity index (χ4n) is 3.09. The maximum Gasteiger partial charge on any atom is 0.245 e. The number of rotatable bonds is 4. The van der Waals surface area contributed by atoms with Crippen molar-refractivity contribution in [3.8, 4) is 0 Å². The van der Waals surface area contributed by atoms with E-state index < -0.39 is 0 Å². The molecular weight excluding hydrogens is 328 g/mol. The van der Waals surface area contributed by atoms with Gasteiger partial charge in [0.1, 0.15) is 0 Å². The minimum Gasteiger partial charge on any atom is -0.273 e. The molecule has 0 radical (unpaired) electrons. The van der Waals surface area contributed by atoms with E-state index in [0.29, 0.717) is 5.71 Å². The molecule has 2 amide bonds. The van der Waals surface area contributed by atoms with Crippen LogP contribution in [0.25, 0.3) is 21.5 Å². The first-order chi connectivity index (χ1) is 12.7. The molecule has 4 rings (SSSR count). The SMILES string of the molecule is O=C1CC(CC(=O)N/N=C/c2c3ccccc3cc3ccccc23)=NN1. The standard InChI is InChI=1S/C20H16N4O2/c25-19(10-15-11-20(26)24-22-15)23-21-12-18-16-7-3-1-5-13(16)9-14-6-2-4-8-17(14)18/h1-9,12H,10-11H2,(H,23,25)(H,24,26)/b21-12+. The number of hydrogen-bond acceptors (Lipinski definition) is 4. The van der Waals surface area contributed by atoms with Gasteiger partial charge >= 0.3 is 0 Å². The monoisotopic (exact) mass is 344 g/mol. The predicted octanol–water partition coefficient (Wildman–Crippen LogP) is 2.71. The maximum atomic E-state index is 12.0. The second-order valence-electron chi connectivity index (χ2n) is 6.09. The van der Waals surface area contributed by atoms with Crippen LogP contribution in [0.15, 0.2) is 64.8 Å². The van der Waals surface area contributed by atoms with E-state index in [-0.39, 0.29) is 24.7 Å². The summed E-state index contributed by atoms with van der Waals surface area (Å²) in [4.78, 5) is 23.1. The van der Waals surface area contributed by atoms with E-state index in [1.165, 1.54) is 0 Å². The molecule has 26 heavy (non-hydrogen) atoms. The summed E-state index contributed by atoms with van der Waals surface area (Å²) in [5.74, 6) is -0.500. The lowest BCUT2D eigenvalue weighted by Gasteiger charge is -2.07. The van der Waals surface area contributed by atoms with Crippen LogP contribution in [0.4, 0.5) is 0 Å². The molecule has 0 saturated heterocycles. The van der Waals surface area contributed by atoms with Crippen LogP contribution in [0, 0.1) is 0 Å². The summed E-state index contributed by atoms with van der Waals surface area (Å²) in [6.45, 7) is 0. The van der Waals surface area contributed by atoms with Crippen molar-refractivity contribution >= 4 is 45.3 Å². The van der Waals surface area contributed by atoms with Crippen molar-refractivity contribution in [3.63, 3.8) is 0 Å². The molecule has 0 fully saturated rings. The van der Waals surface area contributed by atoms with Crippen LogP contribution >= 0.6 is 0 Å². The average molecular weight is 344 g/mol. The summed E-state index contributed by atoms with van der Waals surface area (Å²) in [6.07, 6.45) is 1.87. The Morgan fingerprint density at radius 3 is 2.38 bits per heavy atom. The molecule has 3 aromatic carbocycles. The van der Waals surface area contributed by atoms with Gasteiger partial charge in [-0.05, 0) is 27.6 Å². The lowest BCUT2D eigenvalue weighted by Crippen LogP contribution is -2.20. The Morgan fingerprint density at radius 1 is 1.12 bits per heavy atom. The van der Waals surface area contributed by atoms with Gasteiger partial charge in [0.15, 0.2) is 0 Å². The number of amides is 2. The van der Waals surface area contributed by atoms with E-state index in [1.807, 2.05) is 36.4 Å². The van der Waals surface area contributed by atoms with Crippen molar-refractivity contribution in [1.82, 2.24) is 10.9 Å². The van der Waals surface area contributed by atoms with Gasteiger partial charge in [0.05, 0.1) is 24.8 Å². The van der Waals surface area contributed by atoms with Crippen LogP contribution < -0.4 is 10.9 Å². The zero-order valence-corrected chi connectivity index (χ0v) is 13.9. The van der Waals surface area contributed by atoms with Gasteiger partial charge in [0.25, 0.3) is 0 Å². The van der Waals surface area contributed by atoms with Crippen LogP contribution in [0.3, 0.4) is 0 Å². The molecule has 2 N–H and O–H groups in total. The molecule has 1 aliphatic heterocycles. The molecular formula is C20H16N4O2. The second kappa shape index (κ2) is 6.76.